The second kappa shape index (κ2) is 12.7. The van der Waals surface area contributed by atoms with Crippen molar-refractivity contribution in [3.8, 4) is 28.5 Å². The lowest BCUT2D eigenvalue weighted by molar-refractivity contribution is 0.140. The molecular weight excluding hydrogens is 571 g/mol. The molecule has 2 aromatic carbocycles. The van der Waals surface area contributed by atoms with Crippen molar-refractivity contribution in [1.29, 1.82) is 0 Å². The molecule has 1 unspecified atom stereocenters. The number of rotatable bonds is 7. The van der Waals surface area contributed by atoms with Gasteiger partial charge in [0, 0.05) is 39.5 Å². The highest BCUT2D eigenvalue weighted by Gasteiger charge is 2.13. The van der Waals surface area contributed by atoms with E-state index in [0.717, 1.165) is 33.5 Å². The van der Waals surface area contributed by atoms with Gasteiger partial charge in [-0.25, -0.2) is 14.0 Å². The summed E-state index contributed by atoms with van der Waals surface area (Å²) in [4.78, 5) is 8.24. The van der Waals surface area contributed by atoms with Crippen LogP contribution in [-0.4, -0.2) is 60.3 Å². The van der Waals surface area contributed by atoms with Gasteiger partial charge in [0.15, 0.2) is 0 Å². The molecule has 0 N–H and O–H groups in total. The zero-order valence-electron chi connectivity index (χ0n) is 21.6. The molecule has 0 fully saturated rings. The van der Waals surface area contributed by atoms with E-state index < -0.39 is 11.2 Å². The van der Waals surface area contributed by atoms with Gasteiger partial charge in [-0.15, -0.1) is 5.10 Å². The Morgan fingerprint density at radius 3 is 1.90 bits per heavy atom. The highest BCUT2D eigenvalue weighted by atomic mass is 35.5. The summed E-state index contributed by atoms with van der Waals surface area (Å²) in [6.45, 7) is 0.907. The minimum Gasteiger partial charge on any atom is -0.609 e. The summed E-state index contributed by atoms with van der Waals surface area (Å²) in [5.74, 6) is 0. The smallest absolute Gasteiger partial charge is 0.359 e. The maximum absolute atomic E-state index is 11.5. The SMILES string of the molecule is COCCOc1ncc2ccc(-c3cccc(Cl)c3)n2n1.C[S+]([O-])c1ncc2ccc(-c3cccc(Cl)c3)n2n1. The molecule has 0 saturated heterocycles. The number of aromatic nitrogens is 6. The third-order valence-electron chi connectivity index (χ3n) is 5.77. The summed E-state index contributed by atoms with van der Waals surface area (Å²) in [5.41, 5.74) is 5.52. The van der Waals surface area contributed by atoms with E-state index in [-0.39, 0.29) is 0 Å². The van der Waals surface area contributed by atoms with Gasteiger partial charge in [-0.05, 0) is 48.5 Å². The van der Waals surface area contributed by atoms with Crippen molar-refractivity contribution in [1.82, 2.24) is 29.2 Å². The molecule has 0 saturated carbocycles. The molecule has 0 spiro atoms. The fourth-order valence-electron chi connectivity index (χ4n) is 3.92. The minimum absolute atomic E-state index is 0.312. The topological polar surface area (TPSA) is 102 Å². The molecule has 0 aliphatic rings. The number of hydrogen-bond acceptors (Lipinski definition) is 7. The van der Waals surface area contributed by atoms with Crippen molar-refractivity contribution in [3.63, 3.8) is 0 Å². The lowest BCUT2D eigenvalue weighted by Crippen LogP contribution is -2.08. The van der Waals surface area contributed by atoms with Crippen LogP contribution in [0.3, 0.4) is 0 Å². The van der Waals surface area contributed by atoms with Crippen molar-refractivity contribution in [2.24, 2.45) is 0 Å². The summed E-state index contributed by atoms with van der Waals surface area (Å²) in [7, 11) is 1.62. The second-order valence-electron chi connectivity index (χ2n) is 8.51. The summed E-state index contributed by atoms with van der Waals surface area (Å²) in [6.07, 6.45) is 4.95. The van der Waals surface area contributed by atoms with Crippen LogP contribution in [0.15, 0.2) is 90.3 Å². The molecule has 0 amide bonds. The monoisotopic (exact) mass is 594 g/mol. The number of nitrogens with zero attached hydrogens (tertiary/aromatic N) is 6. The van der Waals surface area contributed by atoms with E-state index in [2.05, 4.69) is 20.2 Å². The Balaban J connectivity index is 0.000000162. The third-order valence-corrected chi connectivity index (χ3v) is 6.94. The first-order chi connectivity index (χ1) is 19.4. The zero-order valence-corrected chi connectivity index (χ0v) is 23.9. The summed E-state index contributed by atoms with van der Waals surface area (Å²) >= 11 is 10.8. The Labute approximate surface area is 243 Å². The molecule has 12 heteroatoms. The number of benzene rings is 2. The predicted molar refractivity (Wildman–Crippen MR) is 157 cm³/mol. The predicted octanol–water partition coefficient (Wildman–Crippen LogP) is 5.86. The lowest BCUT2D eigenvalue weighted by atomic mass is 10.2. The second-order valence-corrected chi connectivity index (χ2v) is 10.7. The highest BCUT2D eigenvalue weighted by molar-refractivity contribution is 7.90. The lowest BCUT2D eigenvalue weighted by Gasteiger charge is -2.06. The summed E-state index contributed by atoms with van der Waals surface area (Å²) < 4.78 is 25.4. The Bertz CT molecular complexity index is 1760. The zero-order chi connectivity index (χ0) is 28.1. The van der Waals surface area contributed by atoms with Crippen LogP contribution in [0.2, 0.25) is 10.0 Å². The maximum atomic E-state index is 11.5. The van der Waals surface area contributed by atoms with E-state index in [4.69, 9.17) is 32.7 Å². The van der Waals surface area contributed by atoms with Crippen LogP contribution in [0.1, 0.15) is 0 Å². The largest absolute Gasteiger partial charge is 0.609 e. The van der Waals surface area contributed by atoms with E-state index in [0.29, 0.717) is 34.4 Å². The molecule has 4 aromatic heterocycles. The number of hydrogen-bond donors (Lipinski definition) is 0. The third kappa shape index (κ3) is 6.38. The van der Waals surface area contributed by atoms with Crippen LogP contribution in [0.4, 0.5) is 0 Å². The summed E-state index contributed by atoms with van der Waals surface area (Å²) in [5, 5.41) is 10.4. The number of methoxy groups -OCH3 is 1. The minimum atomic E-state index is -1.21. The van der Waals surface area contributed by atoms with Crippen LogP contribution >= 0.6 is 23.2 Å². The van der Waals surface area contributed by atoms with E-state index in [1.165, 1.54) is 0 Å². The van der Waals surface area contributed by atoms with Gasteiger partial charge in [0.05, 0.1) is 41.4 Å². The van der Waals surface area contributed by atoms with Gasteiger partial charge >= 0.3 is 11.2 Å². The van der Waals surface area contributed by atoms with Gasteiger partial charge in [0.25, 0.3) is 0 Å². The van der Waals surface area contributed by atoms with Crippen molar-refractivity contribution < 1.29 is 14.0 Å². The summed E-state index contributed by atoms with van der Waals surface area (Å²) in [6, 6.07) is 23.3. The van der Waals surface area contributed by atoms with Crippen LogP contribution in [0.5, 0.6) is 6.01 Å². The van der Waals surface area contributed by atoms with E-state index in [1.54, 1.807) is 34.8 Å². The average molecular weight is 596 g/mol. The van der Waals surface area contributed by atoms with Crippen molar-refractivity contribution >= 4 is 45.4 Å². The highest BCUT2D eigenvalue weighted by Crippen LogP contribution is 2.26. The van der Waals surface area contributed by atoms with Gasteiger partial charge in [0.1, 0.15) is 12.9 Å². The standard InChI is InChI=1S/C15H14ClN3O2.C13H10ClN3OS/c1-20-7-8-21-15-17-10-13-5-6-14(19(13)18-15)11-3-2-4-12(16)9-11;1-19(18)13-15-8-11-5-6-12(17(11)16-13)9-3-2-4-10(14)7-9/h2-6,9-10H,7-8H2,1H3;2-8H,1H3. The Hall–Kier alpha value is -3.67. The van der Waals surface area contributed by atoms with Crippen LogP contribution in [0, 0.1) is 0 Å². The molecule has 4 heterocycles. The quantitative estimate of drug-likeness (QED) is 0.168. The molecule has 6 aromatic rings. The van der Waals surface area contributed by atoms with Gasteiger partial charge in [0.2, 0.25) is 0 Å². The van der Waals surface area contributed by atoms with Crippen LogP contribution in [0.25, 0.3) is 33.5 Å². The van der Waals surface area contributed by atoms with Crippen LogP contribution in [-0.2, 0) is 15.9 Å². The Kier molecular flexibility index (Phi) is 8.83. The van der Waals surface area contributed by atoms with E-state index in [1.807, 2.05) is 72.8 Å². The Morgan fingerprint density at radius 2 is 1.35 bits per heavy atom. The van der Waals surface area contributed by atoms with Crippen molar-refractivity contribution in [3.05, 3.63) is 95.2 Å². The van der Waals surface area contributed by atoms with Crippen molar-refractivity contribution in [2.75, 3.05) is 26.6 Å². The molecular formula is C28H24Cl2N6O3S. The molecule has 0 bridgehead atoms. The molecule has 40 heavy (non-hydrogen) atoms. The molecule has 1 atom stereocenters. The number of ether oxygens (including phenoxy) is 2. The fraction of sp³-hybridized carbons (Fsp3) is 0.143. The Morgan fingerprint density at radius 1 is 0.775 bits per heavy atom. The van der Waals surface area contributed by atoms with Crippen LogP contribution < -0.4 is 4.74 Å². The van der Waals surface area contributed by atoms with Crippen molar-refractivity contribution in [2.45, 2.75) is 5.16 Å². The maximum Gasteiger partial charge on any atom is 0.359 e. The normalized spacial score (nSPS) is 11.8. The first-order valence-electron chi connectivity index (χ1n) is 12.1. The van der Waals surface area contributed by atoms with Gasteiger partial charge in [-0.1, -0.05) is 52.6 Å². The first kappa shape index (κ1) is 27.9. The molecule has 204 valence electrons. The fourth-order valence-corrected chi connectivity index (χ4v) is 4.70. The number of halogens is 2. The van der Waals surface area contributed by atoms with E-state index >= 15 is 0 Å². The van der Waals surface area contributed by atoms with E-state index in [9.17, 15) is 4.55 Å². The molecule has 0 aliphatic heterocycles. The molecule has 0 aliphatic carbocycles. The molecule has 0 radical (unpaired) electrons. The average Bonchev–Trinajstić information content (AvgIpc) is 3.57. The molecule has 9 nitrogen and oxygen atoms in total. The van der Waals surface area contributed by atoms with Gasteiger partial charge in [-0.2, -0.15) is 4.98 Å². The first-order valence-corrected chi connectivity index (χ1v) is 14.4. The van der Waals surface area contributed by atoms with Gasteiger partial charge < -0.3 is 14.0 Å². The number of fused-ring (bicyclic) bond motifs is 2. The van der Waals surface area contributed by atoms with Gasteiger partial charge in [-0.3, -0.25) is 0 Å². The molecule has 6 rings (SSSR count).